The van der Waals surface area contributed by atoms with E-state index < -0.39 is 17.8 Å². The van der Waals surface area contributed by atoms with Gasteiger partial charge in [-0.1, -0.05) is 12.1 Å². The smallest absolute Gasteiger partial charge is 0.246 e. The van der Waals surface area contributed by atoms with Gasteiger partial charge < -0.3 is 11.1 Å². The van der Waals surface area contributed by atoms with Gasteiger partial charge in [0, 0.05) is 4.88 Å². The molecule has 0 saturated carbocycles. The molecule has 5 heteroatoms. The van der Waals surface area contributed by atoms with Gasteiger partial charge in [-0.15, -0.1) is 11.3 Å². The summed E-state index contributed by atoms with van der Waals surface area (Å²) >= 11 is 1.40. The van der Waals surface area contributed by atoms with E-state index in [-0.39, 0.29) is 5.69 Å². The first-order chi connectivity index (χ1) is 8.58. The van der Waals surface area contributed by atoms with E-state index in [1.54, 1.807) is 19.1 Å². The summed E-state index contributed by atoms with van der Waals surface area (Å²) < 4.78 is 13.6. The molecule has 2 rings (SSSR count). The molecule has 0 bridgehead atoms. The van der Waals surface area contributed by atoms with Crippen molar-refractivity contribution >= 4 is 22.9 Å². The lowest BCUT2D eigenvalue weighted by molar-refractivity contribution is -0.117. The molecule has 1 amide bonds. The minimum absolute atomic E-state index is 0.151. The SMILES string of the molecule is Cc1ccc(NC(=O)C(N)c2cccs2)c(F)c1. The molecule has 3 N–H and O–H groups in total. The van der Waals surface area contributed by atoms with Crippen LogP contribution >= 0.6 is 11.3 Å². The molecule has 3 nitrogen and oxygen atoms in total. The van der Waals surface area contributed by atoms with Crippen molar-refractivity contribution in [3.8, 4) is 0 Å². The molecule has 1 heterocycles. The van der Waals surface area contributed by atoms with E-state index in [1.165, 1.54) is 23.5 Å². The molecule has 0 spiro atoms. The van der Waals surface area contributed by atoms with Crippen molar-refractivity contribution in [2.24, 2.45) is 5.73 Å². The number of carbonyl (C=O) groups excluding carboxylic acids is 1. The fourth-order valence-corrected chi connectivity index (χ4v) is 2.25. The summed E-state index contributed by atoms with van der Waals surface area (Å²) in [5.41, 5.74) is 6.74. The van der Waals surface area contributed by atoms with E-state index in [2.05, 4.69) is 5.32 Å². The third kappa shape index (κ3) is 2.75. The number of rotatable bonds is 3. The standard InChI is InChI=1S/C13H13FN2OS/c1-8-4-5-10(9(14)7-8)16-13(17)12(15)11-3-2-6-18-11/h2-7,12H,15H2,1H3,(H,16,17). The average molecular weight is 264 g/mol. The fourth-order valence-electron chi connectivity index (χ4n) is 1.53. The predicted octanol–water partition coefficient (Wildman–Crippen LogP) is 2.83. The number of carbonyl (C=O) groups is 1. The van der Waals surface area contributed by atoms with Crippen molar-refractivity contribution in [1.29, 1.82) is 0 Å². The highest BCUT2D eigenvalue weighted by molar-refractivity contribution is 7.10. The zero-order chi connectivity index (χ0) is 13.1. The maximum Gasteiger partial charge on any atom is 0.246 e. The van der Waals surface area contributed by atoms with Crippen LogP contribution in [0.15, 0.2) is 35.7 Å². The molecule has 2 aromatic rings. The normalized spacial score (nSPS) is 12.2. The maximum atomic E-state index is 13.6. The number of nitrogens with two attached hydrogens (primary N) is 1. The van der Waals surface area contributed by atoms with E-state index in [9.17, 15) is 9.18 Å². The summed E-state index contributed by atoms with van der Waals surface area (Å²) in [6.07, 6.45) is 0. The summed E-state index contributed by atoms with van der Waals surface area (Å²) in [5.74, 6) is -0.873. The Labute approximate surface area is 108 Å². The molecule has 18 heavy (non-hydrogen) atoms. The van der Waals surface area contributed by atoms with Crippen molar-refractivity contribution in [2.75, 3.05) is 5.32 Å². The Morgan fingerprint density at radius 2 is 2.22 bits per heavy atom. The van der Waals surface area contributed by atoms with Crippen molar-refractivity contribution < 1.29 is 9.18 Å². The van der Waals surface area contributed by atoms with E-state index in [0.717, 1.165) is 10.4 Å². The van der Waals surface area contributed by atoms with Crippen LogP contribution in [0, 0.1) is 12.7 Å². The highest BCUT2D eigenvalue weighted by atomic mass is 32.1. The number of aryl methyl sites for hydroxylation is 1. The number of thiophene rings is 1. The Morgan fingerprint density at radius 1 is 1.44 bits per heavy atom. The fraction of sp³-hybridized carbons (Fsp3) is 0.154. The molecule has 0 aliphatic carbocycles. The van der Waals surface area contributed by atoms with Crippen LogP contribution in [-0.2, 0) is 4.79 Å². The topological polar surface area (TPSA) is 55.1 Å². The zero-order valence-corrected chi connectivity index (χ0v) is 10.6. The van der Waals surface area contributed by atoms with E-state index in [1.807, 2.05) is 11.4 Å². The van der Waals surface area contributed by atoms with Gasteiger partial charge in [0.2, 0.25) is 5.91 Å². The quantitative estimate of drug-likeness (QED) is 0.895. The Hall–Kier alpha value is -1.72. The number of halogens is 1. The number of anilines is 1. The Bertz CT molecular complexity index is 554. The summed E-state index contributed by atoms with van der Waals surface area (Å²) in [7, 11) is 0. The van der Waals surface area contributed by atoms with Crippen LogP contribution in [0.5, 0.6) is 0 Å². The Balaban J connectivity index is 2.12. The van der Waals surface area contributed by atoms with E-state index in [4.69, 9.17) is 5.73 Å². The summed E-state index contributed by atoms with van der Waals surface area (Å²) in [5, 5.41) is 4.34. The number of nitrogens with one attached hydrogen (secondary N) is 1. The van der Waals surface area contributed by atoms with Gasteiger partial charge >= 0.3 is 0 Å². The molecule has 1 atom stereocenters. The van der Waals surface area contributed by atoms with Crippen LogP contribution in [0.2, 0.25) is 0 Å². The largest absolute Gasteiger partial charge is 0.322 e. The third-order valence-electron chi connectivity index (χ3n) is 2.51. The first-order valence-electron chi connectivity index (χ1n) is 5.44. The lowest BCUT2D eigenvalue weighted by Crippen LogP contribution is -2.27. The average Bonchev–Trinajstić information content (AvgIpc) is 2.85. The monoisotopic (exact) mass is 264 g/mol. The van der Waals surface area contributed by atoms with Gasteiger partial charge in [0.15, 0.2) is 0 Å². The second-order valence-corrected chi connectivity index (χ2v) is 4.94. The zero-order valence-electron chi connectivity index (χ0n) is 9.81. The molecule has 0 aliphatic heterocycles. The van der Waals surface area contributed by atoms with Gasteiger partial charge in [-0.25, -0.2) is 4.39 Å². The van der Waals surface area contributed by atoms with Gasteiger partial charge in [0.1, 0.15) is 11.9 Å². The number of amides is 1. The first kappa shape index (κ1) is 12.7. The number of hydrogen-bond donors (Lipinski definition) is 2. The molecule has 1 aromatic heterocycles. The number of benzene rings is 1. The van der Waals surface area contributed by atoms with Crippen LogP contribution in [0.3, 0.4) is 0 Å². The van der Waals surface area contributed by atoms with E-state index >= 15 is 0 Å². The highest BCUT2D eigenvalue weighted by Gasteiger charge is 2.17. The lowest BCUT2D eigenvalue weighted by Gasteiger charge is -2.11. The predicted molar refractivity (Wildman–Crippen MR) is 71.0 cm³/mol. The highest BCUT2D eigenvalue weighted by Crippen LogP contribution is 2.20. The van der Waals surface area contributed by atoms with Gasteiger partial charge in [-0.05, 0) is 36.1 Å². The van der Waals surface area contributed by atoms with Crippen LogP contribution in [-0.4, -0.2) is 5.91 Å². The molecular weight excluding hydrogens is 251 g/mol. The summed E-state index contributed by atoms with van der Waals surface area (Å²) in [6, 6.07) is 7.46. The molecule has 1 aromatic carbocycles. The van der Waals surface area contributed by atoms with Crippen molar-refractivity contribution in [3.63, 3.8) is 0 Å². The number of hydrogen-bond acceptors (Lipinski definition) is 3. The van der Waals surface area contributed by atoms with Crippen LogP contribution in [0.25, 0.3) is 0 Å². The van der Waals surface area contributed by atoms with Crippen LogP contribution < -0.4 is 11.1 Å². The molecular formula is C13H13FN2OS. The van der Waals surface area contributed by atoms with Gasteiger partial charge in [0.05, 0.1) is 5.69 Å². The Morgan fingerprint density at radius 3 is 2.83 bits per heavy atom. The van der Waals surface area contributed by atoms with Crippen molar-refractivity contribution in [3.05, 3.63) is 52.0 Å². The second-order valence-electron chi connectivity index (χ2n) is 3.97. The molecule has 1 unspecified atom stereocenters. The maximum absolute atomic E-state index is 13.6. The summed E-state index contributed by atoms with van der Waals surface area (Å²) in [4.78, 5) is 12.6. The second kappa shape index (κ2) is 5.29. The molecule has 0 aliphatic rings. The minimum atomic E-state index is -0.772. The van der Waals surface area contributed by atoms with E-state index in [0.29, 0.717) is 0 Å². The van der Waals surface area contributed by atoms with Crippen molar-refractivity contribution in [2.45, 2.75) is 13.0 Å². The third-order valence-corrected chi connectivity index (χ3v) is 3.47. The van der Waals surface area contributed by atoms with Gasteiger partial charge in [-0.3, -0.25) is 4.79 Å². The lowest BCUT2D eigenvalue weighted by atomic mass is 10.2. The first-order valence-corrected chi connectivity index (χ1v) is 6.32. The van der Waals surface area contributed by atoms with Crippen LogP contribution in [0.1, 0.15) is 16.5 Å². The Kier molecular flexibility index (Phi) is 3.74. The van der Waals surface area contributed by atoms with Crippen molar-refractivity contribution in [1.82, 2.24) is 0 Å². The minimum Gasteiger partial charge on any atom is -0.322 e. The summed E-state index contributed by atoms with van der Waals surface area (Å²) in [6.45, 7) is 1.78. The molecule has 94 valence electrons. The van der Waals surface area contributed by atoms with Gasteiger partial charge in [-0.2, -0.15) is 0 Å². The molecule has 0 fully saturated rings. The molecule has 0 saturated heterocycles. The van der Waals surface area contributed by atoms with Gasteiger partial charge in [0.25, 0.3) is 0 Å². The molecule has 0 radical (unpaired) electrons. The van der Waals surface area contributed by atoms with Crippen LogP contribution in [0.4, 0.5) is 10.1 Å².